The summed E-state index contributed by atoms with van der Waals surface area (Å²) >= 11 is 1.52. The molecule has 0 fully saturated rings. The number of benzene rings is 1. The quantitative estimate of drug-likeness (QED) is 0.791. The van der Waals surface area contributed by atoms with Gasteiger partial charge in [-0.2, -0.15) is 4.99 Å². The van der Waals surface area contributed by atoms with Gasteiger partial charge in [0.05, 0.1) is 16.8 Å². The first-order valence-corrected chi connectivity index (χ1v) is 7.14. The number of amides is 1. The van der Waals surface area contributed by atoms with Crippen LogP contribution in [-0.4, -0.2) is 10.5 Å². The summed E-state index contributed by atoms with van der Waals surface area (Å²) in [5, 5.41) is 0. The molecule has 0 aliphatic rings. The van der Waals surface area contributed by atoms with Crippen LogP contribution in [-0.2, 0) is 17.8 Å². The number of aromatic nitrogens is 1. The van der Waals surface area contributed by atoms with Crippen molar-refractivity contribution in [1.29, 1.82) is 0 Å². The van der Waals surface area contributed by atoms with E-state index in [1.54, 1.807) is 6.92 Å². The minimum atomic E-state index is -0.118. The first kappa shape index (κ1) is 13.6. The summed E-state index contributed by atoms with van der Waals surface area (Å²) in [4.78, 5) is 16.3. The molecule has 19 heavy (non-hydrogen) atoms. The lowest BCUT2D eigenvalue weighted by Gasteiger charge is -2.00. The van der Waals surface area contributed by atoms with Crippen LogP contribution in [0, 0.1) is 12.3 Å². The molecule has 0 aliphatic carbocycles. The smallest absolute Gasteiger partial charge is 0.248 e. The van der Waals surface area contributed by atoms with E-state index in [1.807, 2.05) is 4.57 Å². The van der Waals surface area contributed by atoms with Crippen molar-refractivity contribution in [3.63, 3.8) is 0 Å². The van der Waals surface area contributed by atoms with Crippen molar-refractivity contribution < 1.29 is 4.79 Å². The molecule has 4 heteroatoms. The number of nitrogens with zero attached hydrogens (tertiary/aromatic N) is 2. The molecule has 0 saturated heterocycles. The highest BCUT2D eigenvalue weighted by Crippen LogP contribution is 2.19. The number of thiazole rings is 1. The molecule has 2 aromatic rings. The van der Waals surface area contributed by atoms with Crippen LogP contribution in [0.4, 0.5) is 0 Å². The van der Waals surface area contributed by atoms with Gasteiger partial charge in [0.2, 0.25) is 5.91 Å². The average Bonchev–Trinajstić information content (AvgIpc) is 2.76. The lowest BCUT2D eigenvalue weighted by molar-refractivity contribution is -0.117. The predicted molar refractivity (Wildman–Crippen MR) is 78.9 cm³/mol. The second kappa shape index (κ2) is 5.85. The maximum atomic E-state index is 11.5. The number of fused-ring (bicyclic) bond motifs is 1. The van der Waals surface area contributed by atoms with E-state index in [2.05, 4.69) is 36.0 Å². The van der Waals surface area contributed by atoms with Crippen LogP contribution < -0.4 is 4.80 Å². The normalized spacial score (nSPS) is 11.7. The first-order chi connectivity index (χ1) is 9.19. The Labute approximate surface area is 116 Å². The zero-order valence-corrected chi connectivity index (χ0v) is 12.0. The third kappa shape index (κ3) is 2.77. The summed E-state index contributed by atoms with van der Waals surface area (Å²) in [6.07, 6.45) is 6.80. The van der Waals surface area contributed by atoms with E-state index in [9.17, 15) is 4.79 Å². The van der Waals surface area contributed by atoms with Crippen molar-refractivity contribution >= 4 is 27.5 Å². The highest BCUT2D eigenvalue weighted by molar-refractivity contribution is 7.16. The Bertz CT molecular complexity index is 716. The number of carbonyl (C=O) groups is 1. The first-order valence-electron chi connectivity index (χ1n) is 6.32. The van der Waals surface area contributed by atoms with Gasteiger partial charge in [-0.15, -0.1) is 6.42 Å². The number of rotatable bonds is 3. The van der Waals surface area contributed by atoms with Crippen molar-refractivity contribution in [2.24, 2.45) is 4.99 Å². The van der Waals surface area contributed by atoms with Crippen LogP contribution in [0.2, 0.25) is 0 Å². The molecule has 0 radical (unpaired) electrons. The maximum absolute atomic E-state index is 11.5. The third-order valence-corrected chi connectivity index (χ3v) is 3.97. The standard InChI is InChI=1S/C15H16N2OS/c1-4-9-17-12-8-7-11(5-2)10-13(12)19-15(17)16-14(18)6-3/h1,7-8,10H,5-6,9H2,2-3H3. The molecule has 1 heterocycles. The Morgan fingerprint density at radius 2 is 2.26 bits per heavy atom. The number of hydrogen-bond donors (Lipinski definition) is 0. The van der Waals surface area contributed by atoms with E-state index in [0.717, 1.165) is 16.6 Å². The average molecular weight is 272 g/mol. The molecule has 0 saturated carbocycles. The van der Waals surface area contributed by atoms with E-state index < -0.39 is 0 Å². The van der Waals surface area contributed by atoms with E-state index in [1.165, 1.54) is 16.9 Å². The Morgan fingerprint density at radius 3 is 2.89 bits per heavy atom. The monoisotopic (exact) mass is 272 g/mol. The topological polar surface area (TPSA) is 34.4 Å². The highest BCUT2D eigenvalue weighted by atomic mass is 32.1. The van der Waals surface area contributed by atoms with Crippen LogP contribution in [0.5, 0.6) is 0 Å². The second-order valence-electron chi connectivity index (χ2n) is 4.19. The number of terminal acetylenes is 1. The van der Waals surface area contributed by atoms with Crippen molar-refractivity contribution in [2.45, 2.75) is 33.2 Å². The molecule has 1 aromatic carbocycles. The number of hydrogen-bond acceptors (Lipinski definition) is 2. The number of aryl methyl sites for hydroxylation is 1. The van der Waals surface area contributed by atoms with Crippen molar-refractivity contribution in [3.8, 4) is 12.3 Å². The summed E-state index contributed by atoms with van der Waals surface area (Å²) in [7, 11) is 0. The lowest BCUT2D eigenvalue weighted by atomic mass is 10.2. The van der Waals surface area contributed by atoms with Gasteiger partial charge in [-0.3, -0.25) is 4.79 Å². The van der Waals surface area contributed by atoms with Crippen LogP contribution >= 0.6 is 11.3 Å². The Hall–Kier alpha value is -1.86. The molecular weight excluding hydrogens is 256 g/mol. The third-order valence-electron chi connectivity index (χ3n) is 2.93. The van der Waals surface area contributed by atoms with Gasteiger partial charge in [-0.05, 0) is 24.1 Å². The predicted octanol–water partition coefficient (Wildman–Crippen LogP) is 2.74. The van der Waals surface area contributed by atoms with Crippen LogP contribution in [0.1, 0.15) is 25.8 Å². The molecule has 0 unspecified atom stereocenters. The van der Waals surface area contributed by atoms with Crippen molar-refractivity contribution in [2.75, 3.05) is 0 Å². The summed E-state index contributed by atoms with van der Waals surface area (Å²) < 4.78 is 3.05. The largest absolute Gasteiger partial charge is 0.305 e. The lowest BCUT2D eigenvalue weighted by Crippen LogP contribution is -2.16. The maximum Gasteiger partial charge on any atom is 0.248 e. The Balaban J connectivity index is 2.69. The van der Waals surface area contributed by atoms with E-state index in [-0.39, 0.29) is 5.91 Å². The molecule has 0 bridgehead atoms. The zero-order chi connectivity index (χ0) is 13.8. The van der Waals surface area contributed by atoms with Crippen LogP contribution in [0.15, 0.2) is 23.2 Å². The van der Waals surface area contributed by atoms with Crippen molar-refractivity contribution in [3.05, 3.63) is 28.6 Å². The highest BCUT2D eigenvalue weighted by Gasteiger charge is 2.07. The van der Waals surface area contributed by atoms with E-state index >= 15 is 0 Å². The van der Waals surface area contributed by atoms with Gasteiger partial charge in [0, 0.05) is 6.42 Å². The van der Waals surface area contributed by atoms with Gasteiger partial charge in [0.1, 0.15) is 0 Å². The van der Waals surface area contributed by atoms with E-state index in [0.29, 0.717) is 17.8 Å². The zero-order valence-electron chi connectivity index (χ0n) is 11.1. The van der Waals surface area contributed by atoms with Gasteiger partial charge in [0.15, 0.2) is 4.80 Å². The summed E-state index contributed by atoms with van der Waals surface area (Å²) in [6.45, 7) is 4.36. The van der Waals surface area contributed by atoms with Gasteiger partial charge in [0.25, 0.3) is 0 Å². The summed E-state index contributed by atoms with van der Waals surface area (Å²) in [5.74, 6) is 2.50. The van der Waals surface area contributed by atoms with Gasteiger partial charge in [-0.1, -0.05) is 37.2 Å². The number of carbonyl (C=O) groups excluding carboxylic acids is 1. The molecule has 1 aromatic heterocycles. The molecular formula is C15H16N2OS. The Kier molecular flexibility index (Phi) is 4.18. The van der Waals surface area contributed by atoms with Gasteiger partial charge in [-0.25, -0.2) is 0 Å². The Morgan fingerprint density at radius 1 is 1.47 bits per heavy atom. The summed E-state index contributed by atoms with van der Waals surface area (Å²) in [5.41, 5.74) is 2.32. The van der Waals surface area contributed by atoms with Gasteiger partial charge >= 0.3 is 0 Å². The van der Waals surface area contributed by atoms with E-state index in [4.69, 9.17) is 6.42 Å². The van der Waals surface area contributed by atoms with Crippen LogP contribution in [0.25, 0.3) is 10.2 Å². The molecule has 0 spiro atoms. The molecule has 0 atom stereocenters. The van der Waals surface area contributed by atoms with Gasteiger partial charge < -0.3 is 4.57 Å². The fraction of sp³-hybridized carbons (Fsp3) is 0.333. The van der Waals surface area contributed by atoms with Crippen LogP contribution in [0.3, 0.4) is 0 Å². The minimum Gasteiger partial charge on any atom is -0.305 e. The summed E-state index contributed by atoms with van der Waals surface area (Å²) in [6, 6.07) is 6.29. The van der Waals surface area contributed by atoms with Crippen molar-refractivity contribution in [1.82, 2.24) is 4.57 Å². The molecule has 98 valence electrons. The molecule has 0 aliphatic heterocycles. The molecule has 0 N–H and O–H groups in total. The second-order valence-corrected chi connectivity index (χ2v) is 5.20. The SMILES string of the molecule is C#CCn1c(=NC(=O)CC)sc2cc(CC)ccc21. The fourth-order valence-corrected chi connectivity index (χ4v) is 2.96. The minimum absolute atomic E-state index is 0.118. The molecule has 1 amide bonds. The molecule has 3 nitrogen and oxygen atoms in total. The molecule has 2 rings (SSSR count). The fourth-order valence-electron chi connectivity index (χ4n) is 1.85.